The molecule has 3 rings (SSSR count). The molecule has 0 aromatic carbocycles. The normalized spacial score (nSPS) is 10.7. The predicted octanol–water partition coefficient (Wildman–Crippen LogP) is 2.58. The Morgan fingerprint density at radius 3 is 2.78 bits per heavy atom. The summed E-state index contributed by atoms with van der Waals surface area (Å²) in [6.07, 6.45) is 1.68. The number of hydrogen-bond acceptors (Lipinski definition) is 6. The van der Waals surface area contributed by atoms with Crippen LogP contribution in [0.25, 0.3) is 16.6 Å². The van der Waals surface area contributed by atoms with Crippen LogP contribution in [0, 0.1) is 13.8 Å². The van der Waals surface area contributed by atoms with E-state index in [4.69, 9.17) is 11.6 Å². The van der Waals surface area contributed by atoms with E-state index in [0.717, 1.165) is 11.4 Å². The third kappa shape index (κ3) is 3.38. The van der Waals surface area contributed by atoms with Crippen molar-refractivity contribution in [2.75, 3.05) is 11.2 Å². The Morgan fingerprint density at radius 2 is 2.17 bits per heavy atom. The number of rotatable bonds is 4. The monoisotopic (exact) mass is 348 g/mol. The molecule has 118 valence electrons. The minimum absolute atomic E-state index is 0.147. The first-order chi connectivity index (χ1) is 11.1. The van der Waals surface area contributed by atoms with E-state index in [1.165, 1.54) is 11.3 Å². The number of aromatic nitrogens is 5. The molecule has 0 aliphatic rings. The van der Waals surface area contributed by atoms with Gasteiger partial charge in [-0.25, -0.2) is 19.6 Å². The molecule has 1 N–H and O–H groups in total. The first kappa shape index (κ1) is 15.6. The van der Waals surface area contributed by atoms with Crippen molar-refractivity contribution in [1.29, 1.82) is 0 Å². The Hall–Kier alpha value is -2.32. The molecule has 3 aromatic heterocycles. The second-order valence-corrected chi connectivity index (χ2v) is 5.95. The number of carbonyl (C=O) groups is 1. The van der Waals surface area contributed by atoms with Crippen LogP contribution in [0.2, 0.25) is 0 Å². The van der Waals surface area contributed by atoms with Gasteiger partial charge in [0, 0.05) is 23.3 Å². The number of aryl methyl sites for hydroxylation is 2. The molecule has 0 spiro atoms. The number of alkyl halides is 1. The quantitative estimate of drug-likeness (QED) is 0.732. The van der Waals surface area contributed by atoms with Crippen LogP contribution in [-0.2, 0) is 4.79 Å². The molecular weight excluding hydrogens is 336 g/mol. The zero-order chi connectivity index (χ0) is 16.4. The van der Waals surface area contributed by atoms with Crippen LogP contribution < -0.4 is 5.32 Å². The number of hydrogen-bond donors (Lipinski definition) is 1. The van der Waals surface area contributed by atoms with E-state index >= 15 is 0 Å². The molecule has 0 aliphatic carbocycles. The predicted molar refractivity (Wildman–Crippen MR) is 89.1 cm³/mol. The van der Waals surface area contributed by atoms with Crippen LogP contribution in [0.5, 0.6) is 0 Å². The topological polar surface area (TPSA) is 85.6 Å². The van der Waals surface area contributed by atoms with Crippen LogP contribution >= 0.6 is 22.9 Å². The van der Waals surface area contributed by atoms with E-state index < -0.39 is 0 Å². The number of anilines is 1. The second-order valence-electron chi connectivity index (χ2n) is 4.79. The van der Waals surface area contributed by atoms with Crippen molar-refractivity contribution in [3.8, 4) is 16.6 Å². The molecule has 0 saturated heterocycles. The molecule has 0 unspecified atom stereocenters. The number of nitrogens with one attached hydrogen (secondary N) is 1. The molecule has 0 atom stereocenters. The lowest BCUT2D eigenvalue weighted by molar-refractivity contribution is -0.113. The summed E-state index contributed by atoms with van der Waals surface area (Å²) in [7, 11) is 0. The Kier molecular flexibility index (Phi) is 4.35. The van der Waals surface area contributed by atoms with E-state index in [0.29, 0.717) is 22.5 Å². The number of carbonyl (C=O) groups excluding carboxylic acids is 1. The molecule has 7 nitrogen and oxygen atoms in total. The highest BCUT2D eigenvalue weighted by Gasteiger charge is 2.14. The van der Waals surface area contributed by atoms with Crippen LogP contribution in [0.1, 0.15) is 11.4 Å². The van der Waals surface area contributed by atoms with Gasteiger partial charge in [-0.3, -0.25) is 4.79 Å². The molecule has 0 radical (unpaired) electrons. The van der Waals surface area contributed by atoms with Gasteiger partial charge in [-0.15, -0.1) is 22.9 Å². The van der Waals surface area contributed by atoms with Crippen molar-refractivity contribution >= 4 is 34.7 Å². The minimum atomic E-state index is -0.338. The van der Waals surface area contributed by atoms with Gasteiger partial charge in [-0.2, -0.15) is 5.10 Å². The molecular formula is C14H13ClN6OS. The van der Waals surface area contributed by atoms with Crippen LogP contribution in [0.3, 0.4) is 0 Å². The Labute approximate surface area is 141 Å². The van der Waals surface area contributed by atoms with Gasteiger partial charge in [0.15, 0.2) is 16.6 Å². The van der Waals surface area contributed by atoms with E-state index in [1.807, 2.05) is 25.3 Å². The van der Waals surface area contributed by atoms with E-state index in [2.05, 4.69) is 25.4 Å². The fraction of sp³-hybridized carbons (Fsp3) is 0.214. The molecule has 0 aliphatic heterocycles. The number of halogens is 1. The molecule has 23 heavy (non-hydrogen) atoms. The third-order valence-corrected chi connectivity index (χ3v) is 3.96. The summed E-state index contributed by atoms with van der Waals surface area (Å²) in [5.41, 5.74) is 1.81. The minimum Gasteiger partial charge on any atom is -0.309 e. The average Bonchev–Trinajstić information content (AvgIpc) is 3.16. The lowest BCUT2D eigenvalue weighted by Gasteiger charge is -2.09. The standard InChI is InChI=1S/C14H13ClN6OS/c1-8-5-9(2)21(20-8)11-6-10(17-12(22)7-15)18-13(19-11)14-16-3-4-23-14/h3-6H,7H2,1-2H3,(H,17,18,19,22). The van der Waals surface area contributed by atoms with Crippen molar-refractivity contribution in [2.45, 2.75) is 13.8 Å². The van der Waals surface area contributed by atoms with Crippen molar-refractivity contribution < 1.29 is 4.79 Å². The molecule has 0 fully saturated rings. The third-order valence-electron chi connectivity index (χ3n) is 2.95. The maximum Gasteiger partial charge on any atom is 0.240 e. The fourth-order valence-corrected chi connectivity index (χ4v) is 2.71. The van der Waals surface area contributed by atoms with E-state index in [-0.39, 0.29) is 11.8 Å². The van der Waals surface area contributed by atoms with Gasteiger partial charge in [-0.05, 0) is 19.9 Å². The lowest BCUT2D eigenvalue weighted by Crippen LogP contribution is -2.15. The van der Waals surface area contributed by atoms with Gasteiger partial charge in [0.1, 0.15) is 11.7 Å². The Bertz CT molecular complexity index is 845. The van der Waals surface area contributed by atoms with Gasteiger partial charge in [0.2, 0.25) is 5.91 Å². The van der Waals surface area contributed by atoms with E-state index in [1.54, 1.807) is 16.9 Å². The maximum atomic E-state index is 11.6. The summed E-state index contributed by atoms with van der Waals surface area (Å²) in [6.45, 7) is 3.84. The molecule has 0 saturated carbocycles. The highest BCUT2D eigenvalue weighted by atomic mass is 35.5. The number of amides is 1. The van der Waals surface area contributed by atoms with Gasteiger partial charge in [0.25, 0.3) is 0 Å². The zero-order valence-corrected chi connectivity index (χ0v) is 14.0. The van der Waals surface area contributed by atoms with Crippen LogP contribution in [-0.4, -0.2) is 36.5 Å². The van der Waals surface area contributed by atoms with Crippen LogP contribution in [0.15, 0.2) is 23.7 Å². The maximum absolute atomic E-state index is 11.6. The smallest absolute Gasteiger partial charge is 0.240 e. The van der Waals surface area contributed by atoms with Crippen molar-refractivity contribution in [1.82, 2.24) is 24.7 Å². The fourth-order valence-electron chi connectivity index (χ4n) is 2.07. The first-order valence-corrected chi connectivity index (χ1v) is 8.16. The second kappa shape index (κ2) is 6.43. The lowest BCUT2D eigenvalue weighted by atomic mass is 10.4. The van der Waals surface area contributed by atoms with Gasteiger partial charge in [0.05, 0.1) is 5.69 Å². The molecule has 3 heterocycles. The zero-order valence-electron chi connectivity index (χ0n) is 12.4. The number of thiazole rings is 1. The van der Waals surface area contributed by atoms with Crippen molar-refractivity contribution in [2.24, 2.45) is 0 Å². The average molecular weight is 349 g/mol. The van der Waals surface area contributed by atoms with Crippen LogP contribution in [0.4, 0.5) is 5.82 Å². The molecule has 0 bridgehead atoms. The molecule has 9 heteroatoms. The summed E-state index contributed by atoms with van der Waals surface area (Å²) >= 11 is 6.96. The highest BCUT2D eigenvalue weighted by molar-refractivity contribution is 7.13. The Morgan fingerprint density at radius 1 is 1.35 bits per heavy atom. The largest absolute Gasteiger partial charge is 0.309 e. The SMILES string of the molecule is Cc1cc(C)n(-c2cc(NC(=O)CCl)nc(-c3nccs3)n2)n1. The first-order valence-electron chi connectivity index (χ1n) is 6.75. The van der Waals surface area contributed by atoms with Gasteiger partial charge >= 0.3 is 0 Å². The number of nitrogens with zero attached hydrogens (tertiary/aromatic N) is 5. The summed E-state index contributed by atoms with van der Waals surface area (Å²) in [4.78, 5) is 24.6. The van der Waals surface area contributed by atoms with Gasteiger partial charge < -0.3 is 5.32 Å². The summed E-state index contributed by atoms with van der Waals surface area (Å²) < 4.78 is 1.70. The van der Waals surface area contributed by atoms with E-state index in [9.17, 15) is 4.79 Å². The highest BCUT2D eigenvalue weighted by Crippen LogP contribution is 2.22. The van der Waals surface area contributed by atoms with Crippen molar-refractivity contribution in [3.63, 3.8) is 0 Å². The summed E-state index contributed by atoms with van der Waals surface area (Å²) in [6, 6.07) is 3.60. The molecule has 3 aromatic rings. The Balaban J connectivity index is 2.11. The van der Waals surface area contributed by atoms with Crippen molar-refractivity contribution in [3.05, 3.63) is 35.1 Å². The summed E-state index contributed by atoms with van der Waals surface area (Å²) in [5.74, 6) is 0.856. The molecule has 1 amide bonds. The summed E-state index contributed by atoms with van der Waals surface area (Å²) in [5, 5.41) is 9.56. The van der Waals surface area contributed by atoms with Gasteiger partial charge in [-0.1, -0.05) is 0 Å².